The molecule has 0 bridgehead atoms. The molecule has 0 saturated carbocycles. The second kappa shape index (κ2) is 10.6. The lowest BCUT2D eigenvalue weighted by molar-refractivity contribution is -0.139. The van der Waals surface area contributed by atoms with Crippen LogP contribution in [0.4, 0.5) is 8.78 Å². The molecule has 0 heterocycles. The molecule has 30 heavy (non-hydrogen) atoms. The van der Waals surface area contributed by atoms with Gasteiger partial charge in [0.2, 0.25) is 11.8 Å². The molecule has 0 spiro atoms. The summed E-state index contributed by atoms with van der Waals surface area (Å²) in [5.74, 6) is -0.997. The smallest absolute Gasteiger partial charge is 0.242 e. The number of nitrogens with one attached hydrogen (secondary N) is 1. The first-order valence-electron chi connectivity index (χ1n) is 9.74. The zero-order chi connectivity index (χ0) is 22.3. The average molecular weight is 435 g/mol. The Bertz CT molecular complexity index is 884. The topological polar surface area (TPSA) is 49.4 Å². The molecule has 7 heteroatoms. The van der Waals surface area contributed by atoms with E-state index in [1.54, 1.807) is 43.3 Å². The van der Waals surface area contributed by atoms with E-state index in [1.165, 1.54) is 28.8 Å². The van der Waals surface area contributed by atoms with E-state index < -0.39 is 17.4 Å². The van der Waals surface area contributed by atoms with Gasteiger partial charge in [-0.15, -0.1) is 11.8 Å². The Morgan fingerprint density at radius 1 is 1.00 bits per heavy atom. The number of hydrogen-bond donors (Lipinski definition) is 1. The summed E-state index contributed by atoms with van der Waals surface area (Å²) in [4.78, 5) is 27.0. The van der Waals surface area contributed by atoms with Crippen LogP contribution in [0, 0.1) is 11.6 Å². The van der Waals surface area contributed by atoms with Gasteiger partial charge in [-0.1, -0.05) is 36.4 Å². The highest BCUT2D eigenvalue weighted by Gasteiger charge is 2.28. The van der Waals surface area contributed by atoms with Crippen LogP contribution in [0.1, 0.15) is 38.8 Å². The second-order valence-corrected chi connectivity index (χ2v) is 9.10. The van der Waals surface area contributed by atoms with Crippen molar-refractivity contribution in [1.82, 2.24) is 10.2 Å². The standard InChI is InChI=1S/C23H28F2N2O2S/c1-16(22(29)26-23(2,3)4)27(13-17-9-5-7-11-19(17)24)21(28)15-30-14-18-10-6-8-12-20(18)25/h5-12,16H,13-15H2,1-4H3,(H,26,29). The first-order valence-corrected chi connectivity index (χ1v) is 10.9. The second-order valence-electron chi connectivity index (χ2n) is 8.11. The van der Waals surface area contributed by atoms with Gasteiger partial charge in [0.15, 0.2) is 0 Å². The molecule has 0 radical (unpaired) electrons. The first kappa shape index (κ1) is 23.9. The van der Waals surface area contributed by atoms with Crippen LogP contribution in [0.3, 0.4) is 0 Å². The zero-order valence-corrected chi connectivity index (χ0v) is 18.6. The van der Waals surface area contributed by atoms with Gasteiger partial charge < -0.3 is 10.2 Å². The highest BCUT2D eigenvalue weighted by atomic mass is 32.2. The number of benzene rings is 2. The maximum Gasteiger partial charge on any atom is 0.242 e. The van der Waals surface area contributed by atoms with Gasteiger partial charge in [-0.25, -0.2) is 8.78 Å². The fourth-order valence-corrected chi connectivity index (χ4v) is 3.71. The quantitative estimate of drug-likeness (QED) is 0.664. The van der Waals surface area contributed by atoms with Crippen LogP contribution in [0.5, 0.6) is 0 Å². The van der Waals surface area contributed by atoms with Crippen LogP contribution < -0.4 is 5.32 Å². The first-order chi connectivity index (χ1) is 14.1. The van der Waals surface area contributed by atoms with Gasteiger partial charge in [-0.2, -0.15) is 0 Å². The Kier molecular flexibility index (Phi) is 8.41. The van der Waals surface area contributed by atoms with E-state index in [9.17, 15) is 18.4 Å². The van der Waals surface area contributed by atoms with E-state index >= 15 is 0 Å². The minimum atomic E-state index is -0.787. The van der Waals surface area contributed by atoms with Crippen LogP contribution >= 0.6 is 11.8 Å². The summed E-state index contributed by atoms with van der Waals surface area (Å²) < 4.78 is 28.0. The number of halogens is 2. The molecule has 162 valence electrons. The predicted molar refractivity (Wildman–Crippen MR) is 117 cm³/mol. The van der Waals surface area contributed by atoms with Crippen molar-refractivity contribution in [3.05, 3.63) is 71.3 Å². The van der Waals surface area contributed by atoms with Crippen LogP contribution in [0.25, 0.3) is 0 Å². The van der Waals surface area contributed by atoms with Crippen molar-refractivity contribution in [1.29, 1.82) is 0 Å². The van der Waals surface area contributed by atoms with E-state index in [0.717, 1.165) is 0 Å². The highest BCUT2D eigenvalue weighted by Crippen LogP contribution is 2.19. The monoisotopic (exact) mass is 434 g/mol. The summed E-state index contributed by atoms with van der Waals surface area (Å²) in [5.41, 5.74) is 0.382. The number of hydrogen-bond acceptors (Lipinski definition) is 3. The Morgan fingerprint density at radius 3 is 2.07 bits per heavy atom. The SMILES string of the molecule is CC(C(=O)NC(C)(C)C)N(Cc1ccccc1F)C(=O)CSCc1ccccc1F. The number of carbonyl (C=O) groups is 2. The van der Waals surface area contributed by atoms with Crippen LogP contribution in [0.2, 0.25) is 0 Å². The molecule has 1 atom stereocenters. The van der Waals surface area contributed by atoms with Gasteiger partial charge in [0.1, 0.15) is 17.7 Å². The highest BCUT2D eigenvalue weighted by molar-refractivity contribution is 7.99. The van der Waals surface area contributed by atoms with Crippen molar-refractivity contribution >= 4 is 23.6 Å². The van der Waals surface area contributed by atoms with Crippen molar-refractivity contribution in [2.45, 2.75) is 51.6 Å². The Hall–Kier alpha value is -2.41. The van der Waals surface area contributed by atoms with Crippen molar-refractivity contribution in [3.8, 4) is 0 Å². The van der Waals surface area contributed by atoms with E-state index in [-0.39, 0.29) is 29.9 Å². The van der Waals surface area contributed by atoms with Crippen molar-refractivity contribution in [3.63, 3.8) is 0 Å². The van der Waals surface area contributed by atoms with Gasteiger partial charge in [0, 0.05) is 23.4 Å². The molecule has 0 aliphatic rings. The summed E-state index contributed by atoms with van der Waals surface area (Å²) >= 11 is 1.26. The van der Waals surface area contributed by atoms with Gasteiger partial charge in [-0.3, -0.25) is 9.59 Å². The Labute approximate surface area is 181 Å². The van der Waals surface area contributed by atoms with Crippen LogP contribution in [-0.4, -0.2) is 34.0 Å². The van der Waals surface area contributed by atoms with E-state index in [2.05, 4.69) is 5.32 Å². The van der Waals surface area contributed by atoms with Crippen LogP contribution in [0.15, 0.2) is 48.5 Å². The molecule has 2 aromatic carbocycles. The van der Waals surface area contributed by atoms with Crippen molar-refractivity contribution in [2.24, 2.45) is 0 Å². The van der Waals surface area contributed by atoms with Gasteiger partial charge >= 0.3 is 0 Å². The summed E-state index contributed by atoms with van der Waals surface area (Å²) in [6, 6.07) is 11.8. The molecule has 0 aliphatic heterocycles. The number of carbonyl (C=O) groups excluding carboxylic acids is 2. The third-order valence-electron chi connectivity index (χ3n) is 4.40. The Balaban J connectivity index is 2.13. The van der Waals surface area contributed by atoms with Crippen LogP contribution in [-0.2, 0) is 21.9 Å². The molecule has 2 rings (SSSR count). The number of thioether (sulfide) groups is 1. The lowest BCUT2D eigenvalue weighted by atomic mass is 10.1. The molecule has 1 unspecified atom stereocenters. The summed E-state index contributed by atoms with van der Waals surface area (Å²) in [7, 11) is 0. The lowest BCUT2D eigenvalue weighted by Crippen LogP contribution is -2.52. The Morgan fingerprint density at radius 2 is 1.53 bits per heavy atom. The maximum absolute atomic E-state index is 14.2. The predicted octanol–water partition coefficient (Wildman–Crippen LogP) is 4.53. The molecule has 2 aromatic rings. The van der Waals surface area contributed by atoms with Crippen molar-refractivity contribution < 1.29 is 18.4 Å². The number of nitrogens with zero attached hydrogens (tertiary/aromatic N) is 1. The minimum absolute atomic E-state index is 0.0233. The molecule has 0 aliphatic carbocycles. The third kappa shape index (κ3) is 7.13. The van der Waals surface area contributed by atoms with E-state index in [0.29, 0.717) is 16.9 Å². The average Bonchev–Trinajstić information content (AvgIpc) is 2.67. The van der Waals surface area contributed by atoms with E-state index in [4.69, 9.17) is 0 Å². The van der Waals surface area contributed by atoms with Gasteiger partial charge in [0.25, 0.3) is 0 Å². The zero-order valence-electron chi connectivity index (χ0n) is 17.7. The van der Waals surface area contributed by atoms with Crippen molar-refractivity contribution in [2.75, 3.05) is 5.75 Å². The molecular weight excluding hydrogens is 406 g/mol. The molecule has 0 fully saturated rings. The summed E-state index contributed by atoms with van der Waals surface area (Å²) in [6.07, 6.45) is 0. The van der Waals surface area contributed by atoms with Gasteiger partial charge in [-0.05, 0) is 45.4 Å². The summed E-state index contributed by atoms with van der Waals surface area (Å²) in [6.45, 7) is 7.16. The van der Waals surface area contributed by atoms with E-state index in [1.807, 2.05) is 20.8 Å². The molecule has 4 nitrogen and oxygen atoms in total. The lowest BCUT2D eigenvalue weighted by Gasteiger charge is -2.31. The number of amides is 2. The fourth-order valence-electron chi connectivity index (χ4n) is 2.81. The minimum Gasteiger partial charge on any atom is -0.350 e. The number of rotatable bonds is 8. The normalized spacial score (nSPS) is 12.3. The fraction of sp³-hybridized carbons (Fsp3) is 0.391. The third-order valence-corrected chi connectivity index (χ3v) is 5.37. The van der Waals surface area contributed by atoms with Gasteiger partial charge in [0.05, 0.1) is 5.75 Å². The largest absolute Gasteiger partial charge is 0.350 e. The summed E-state index contributed by atoms with van der Waals surface area (Å²) in [5, 5.41) is 2.86. The maximum atomic E-state index is 14.2. The molecular formula is C23H28F2N2O2S. The molecule has 2 amide bonds. The molecule has 1 N–H and O–H groups in total. The molecule has 0 aromatic heterocycles. The molecule has 0 saturated heterocycles.